The summed E-state index contributed by atoms with van der Waals surface area (Å²) in [6.07, 6.45) is 2.57. The van der Waals surface area contributed by atoms with Gasteiger partial charge in [-0.2, -0.15) is 0 Å². The van der Waals surface area contributed by atoms with E-state index in [-0.39, 0.29) is 55.3 Å². The molecule has 0 aliphatic carbocycles. The molecule has 0 unspecified atom stereocenters. The first-order chi connectivity index (χ1) is 21.6. The van der Waals surface area contributed by atoms with Crippen LogP contribution >= 0.6 is 0 Å². The number of carboxylic acid groups (broad SMARTS) is 2. The fraction of sp³-hybridized carbons (Fsp3) is 0.350. The van der Waals surface area contributed by atoms with E-state index in [1.165, 1.54) is 12.8 Å². The van der Waals surface area contributed by atoms with Crippen molar-refractivity contribution >= 4 is 11.9 Å². The summed E-state index contributed by atoms with van der Waals surface area (Å²) in [7, 11) is 0. The first-order valence-electron chi connectivity index (χ1n) is 15.6. The average molecular weight is 849 g/mol. The van der Waals surface area contributed by atoms with Crippen LogP contribution in [0.25, 0.3) is 0 Å². The number of benzene rings is 4. The highest BCUT2D eigenvalue weighted by molar-refractivity contribution is 5.68. The van der Waals surface area contributed by atoms with Crippen molar-refractivity contribution in [1.82, 2.24) is 0 Å². The molecular formula is C40H50I2O4. The van der Waals surface area contributed by atoms with Crippen molar-refractivity contribution in [2.45, 2.75) is 87.9 Å². The van der Waals surface area contributed by atoms with Gasteiger partial charge in [0.25, 0.3) is 0 Å². The van der Waals surface area contributed by atoms with Crippen molar-refractivity contribution in [3.63, 3.8) is 0 Å². The predicted octanol–water partition coefficient (Wildman–Crippen LogP) is 0.842. The quantitative estimate of drug-likeness (QED) is 0.175. The summed E-state index contributed by atoms with van der Waals surface area (Å²) >= 11 is 0.361. The smallest absolute Gasteiger partial charge is 0.319 e. The minimum Gasteiger partial charge on any atom is -0.550 e. The van der Waals surface area contributed by atoms with Crippen LogP contribution in [0.1, 0.15) is 76.6 Å². The maximum absolute atomic E-state index is 10.1. The van der Waals surface area contributed by atoms with Gasteiger partial charge >= 0.3 is 42.4 Å². The van der Waals surface area contributed by atoms with E-state index in [4.69, 9.17) is 0 Å². The maximum Gasteiger partial charge on any atom is 0.319 e. The van der Waals surface area contributed by atoms with Gasteiger partial charge in [0, 0.05) is 24.8 Å². The first kappa shape index (κ1) is 41.3. The Morgan fingerprint density at radius 1 is 0.522 bits per heavy atom. The molecule has 4 aromatic rings. The minimum atomic E-state index is -1.03. The van der Waals surface area contributed by atoms with Gasteiger partial charge in [-0.25, -0.2) is 0 Å². The Bertz CT molecular complexity index is 1290. The lowest BCUT2D eigenvalue weighted by molar-refractivity contribution is -0.696. The first-order valence-corrected chi connectivity index (χ1v) is 19.9. The summed E-state index contributed by atoms with van der Waals surface area (Å²) in [6.45, 7) is 18.0. The molecule has 4 nitrogen and oxygen atoms in total. The van der Waals surface area contributed by atoms with Crippen molar-refractivity contribution in [3.8, 4) is 0 Å². The molecule has 0 fully saturated rings. The fourth-order valence-electron chi connectivity index (χ4n) is 3.42. The molecular weight excluding hydrogens is 798 g/mol. The molecule has 0 spiro atoms. The Morgan fingerprint density at radius 2 is 0.804 bits per heavy atom. The number of rotatable bonds is 10. The van der Waals surface area contributed by atoms with Crippen LogP contribution in [0.5, 0.6) is 0 Å². The Hall–Kier alpha value is -2.72. The Labute approximate surface area is 298 Å². The highest BCUT2D eigenvalue weighted by Gasteiger charge is 2.33. The van der Waals surface area contributed by atoms with E-state index in [0.29, 0.717) is 6.84 Å². The molecule has 0 heterocycles. The van der Waals surface area contributed by atoms with E-state index in [0.717, 1.165) is 22.3 Å². The zero-order chi connectivity index (χ0) is 34.6. The topological polar surface area (TPSA) is 80.3 Å². The molecule has 0 N–H and O–H groups in total. The Morgan fingerprint density at radius 3 is 1.04 bits per heavy atom. The van der Waals surface area contributed by atoms with Gasteiger partial charge in [0.2, 0.25) is 0 Å². The zero-order valence-electron chi connectivity index (χ0n) is 28.6. The predicted molar refractivity (Wildman–Crippen MR) is 179 cm³/mol. The highest BCUT2D eigenvalue weighted by atomic mass is 127. The molecule has 0 radical (unpaired) electrons. The van der Waals surface area contributed by atoms with Crippen molar-refractivity contribution < 1.29 is 62.2 Å². The second-order valence-corrected chi connectivity index (χ2v) is 21.4. The van der Waals surface area contributed by atoms with Crippen molar-refractivity contribution in [2.75, 3.05) is 0 Å². The number of carbonyl (C=O) groups excluding carboxylic acids is 2. The molecule has 0 aromatic heterocycles. The van der Waals surface area contributed by atoms with Crippen LogP contribution < -0.4 is 52.6 Å². The lowest BCUT2D eigenvalue weighted by Crippen LogP contribution is -3.67. The van der Waals surface area contributed by atoms with E-state index in [1.807, 2.05) is 38.1 Å². The second kappa shape index (κ2) is 22.0. The number of hydrogen-bond donors (Lipinski definition) is 0. The van der Waals surface area contributed by atoms with E-state index >= 15 is 0 Å². The molecule has 0 aliphatic heterocycles. The van der Waals surface area contributed by atoms with Crippen molar-refractivity contribution in [3.05, 3.63) is 139 Å². The number of hydrogen-bond acceptors (Lipinski definition) is 4. The molecule has 4 rings (SSSR count). The SMILES string of the molecule is CCC(C)(C)[I+]c1ccccc1.CCC(C)(C)[I+]c1ccccc1.Cc1ccc(CC(=O)[O-])cc1.Cc1ccc(CC(=O)[O-])cc1. The molecule has 0 bridgehead atoms. The van der Waals surface area contributed by atoms with Gasteiger partial charge in [-0.1, -0.05) is 110 Å². The Balaban J connectivity index is 0.000000307. The van der Waals surface area contributed by atoms with Crippen LogP contribution in [-0.4, -0.2) is 18.8 Å². The normalized spacial score (nSPS) is 10.6. The molecule has 0 saturated heterocycles. The minimum absolute atomic E-state index is 0.000278. The molecule has 4 aromatic carbocycles. The number of carbonyl (C=O) groups is 2. The maximum atomic E-state index is 10.1. The third-order valence-electron chi connectivity index (χ3n) is 6.82. The number of aliphatic carboxylic acids is 2. The van der Waals surface area contributed by atoms with Gasteiger partial charge in [-0.15, -0.1) is 0 Å². The third kappa shape index (κ3) is 20.4. The fourth-order valence-corrected chi connectivity index (χ4v) is 9.11. The van der Waals surface area contributed by atoms with Crippen LogP contribution in [-0.2, 0) is 22.4 Å². The second-order valence-electron chi connectivity index (χ2n) is 12.0. The molecule has 0 amide bonds. The van der Waals surface area contributed by atoms with Crippen LogP contribution in [0.4, 0.5) is 0 Å². The highest BCUT2D eigenvalue weighted by Crippen LogP contribution is 2.04. The number of alkyl halides is 2. The van der Waals surface area contributed by atoms with Gasteiger partial charge in [-0.3, -0.25) is 0 Å². The number of halogens is 2. The average Bonchev–Trinajstić information content (AvgIpc) is 3.01. The van der Waals surface area contributed by atoms with E-state index in [9.17, 15) is 19.8 Å². The number of carboxylic acids is 2. The van der Waals surface area contributed by atoms with Crippen molar-refractivity contribution in [1.29, 1.82) is 0 Å². The number of aryl methyl sites for hydroxylation is 2. The van der Waals surface area contributed by atoms with E-state index < -0.39 is 11.9 Å². The molecule has 0 atom stereocenters. The van der Waals surface area contributed by atoms with Crippen LogP contribution in [0.3, 0.4) is 0 Å². The lowest BCUT2D eigenvalue weighted by Gasteiger charge is -2.06. The molecule has 248 valence electrons. The summed E-state index contributed by atoms with van der Waals surface area (Å²) < 4.78 is 4.23. The van der Waals surface area contributed by atoms with E-state index in [2.05, 4.69) is 102 Å². The van der Waals surface area contributed by atoms with Crippen LogP contribution in [0.15, 0.2) is 109 Å². The van der Waals surface area contributed by atoms with Gasteiger partial charge in [-0.05, 0) is 89.8 Å². The molecule has 0 aliphatic rings. The molecule has 6 heteroatoms. The van der Waals surface area contributed by atoms with Gasteiger partial charge in [0.05, 0.1) is 0 Å². The zero-order valence-corrected chi connectivity index (χ0v) is 32.9. The summed E-state index contributed by atoms with van der Waals surface area (Å²) in [4.78, 5) is 20.3. The summed E-state index contributed by atoms with van der Waals surface area (Å²) in [5.74, 6) is -2.07. The third-order valence-corrected chi connectivity index (χ3v) is 13.9. The van der Waals surface area contributed by atoms with Crippen molar-refractivity contribution in [2.24, 2.45) is 0 Å². The van der Waals surface area contributed by atoms with Gasteiger partial charge in [0.15, 0.2) is 14.0 Å². The van der Waals surface area contributed by atoms with Crippen LogP contribution in [0, 0.1) is 21.0 Å². The summed E-state index contributed by atoms with van der Waals surface area (Å²) in [6, 6.07) is 36.5. The molecule has 46 heavy (non-hydrogen) atoms. The largest absolute Gasteiger partial charge is 0.550 e. The van der Waals surface area contributed by atoms with Gasteiger partial charge < -0.3 is 19.8 Å². The summed E-state index contributed by atoms with van der Waals surface area (Å²) in [5.41, 5.74) is 3.84. The lowest BCUT2D eigenvalue weighted by atomic mass is 10.1. The van der Waals surface area contributed by atoms with Gasteiger partial charge in [0.1, 0.15) is 0 Å². The van der Waals surface area contributed by atoms with E-state index in [1.54, 1.807) is 31.4 Å². The molecule has 0 saturated carbocycles. The Kier molecular flexibility index (Phi) is 19.7. The summed E-state index contributed by atoms with van der Waals surface area (Å²) in [5, 5.41) is 20.3. The standard InChI is InChI=1S/2C11H16I.2C9H10O2/c2*1-4-11(2,3)12-10-8-6-5-7-9-10;2*1-7-2-4-8(5-3-7)6-9(10)11/h2*5-9H,4H2,1-3H3;2*2-5H,6H2,1H3,(H,10,11)/q2*+1;;/p-2. The monoisotopic (exact) mass is 848 g/mol. The van der Waals surface area contributed by atoms with Crippen LogP contribution in [0.2, 0.25) is 0 Å².